The molecule has 0 aromatic heterocycles. The summed E-state index contributed by atoms with van der Waals surface area (Å²) >= 11 is 0. The normalized spacial score (nSPS) is 17.8. The van der Waals surface area contributed by atoms with Gasteiger partial charge < -0.3 is 68.9 Å². The Bertz CT molecular complexity index is 3980. The Morgan fingerprint density at radius 3 is 0.593 bits per heavy atom. The lowest BCUT2D eigenvalue weighted by Crippen LogP contribution is -2.15. The molecule has 7 aromatic rings. The number of benzene rings is 7. The SMILES string of the molecule is CCC(CC)COc1cccc([C@H](O)[C@H](C)CC)c1.CCCC(CCC)COc1cccc([C@H](O)[C@H](C)CC)c1.CCC[C@@H](O)c1cccc(OCC2CCCCCC2)c1.CCC[C@H](O)c1cccc(OCC2CCCCCC2)c1.CC[C@@H](C)[C@@H](O)c1cccc(OCC2CCCC2)c1.CC[C@@H](C)[C@@H](O)c1cccc(OCC2CCCCC2)c1.CC[C@@H](C)[C@@H](O)c1cccc(OCC2CCCCCC2)c1. The fraction of sp³-hybridized carbons (Fsp3) is 0.667. The van der Waals surface area contributed by atoms with E-state index in [1.165, 1.54) is 199 Å². The van der Waals surface area contributed by atoms with Crippen LogP contribution in [0, 0.1) is 71.0 Å². The fourth-order valence-corrected chi connectivity index (χ4v) is 19.5. The summed E-state index contributed by atoms with van der Waals surface area (Å²) in [5, 5.41) is 71.4. The lowest BCUT2D eigenvalue weighted by molar-refractivity contribution is 0.115. The van der Waals surface area contributed by atoms with Crippen molar-refractivity contribution >= 4 is 0 Å². The van der Waals surface area contributed by atoms with Gasteiger partial charge in [0, 0.05) is 0 Å². The summed E-state index contributed by atoms with van der Waals surface area (Å²) in [5.74, 6) is 12.5. The molecule has 5 aliphatic carbocycles. The predicted octanol–water partition coefficient (Wildman–Crippen LogP) is 33.9. The van der Waals surface area contributed by atoms with E-state index in [1.807, 2.05) is 170 Å². The quantitative estimate of drug-likeness (QED) is 0.0177. The highest BCUT2D eigenvalue weighted by Gasteiger charge is 2.25. The summed E-state index contributed by atoms with van der Waals surface area (Å²) in [5.41, 5.74) is 6.79. The minimum atomic E-state index is -0.402. The number of rotatable bonds is 48. The Balaban J connectivity index is 0.000000250. The van der Waals surface area contributed by atoms with E-state index in [1.54, 1.807) is 0 Å². The third-order valence-corrected chi connectivity index (χ3v) is 30.6. The maximum absolute atomic E-state index is 10.3. The van der Waals surface area contributed by atoms with Crippen molar-refractivity contribution in [3.05, 3.63) is 209 Å². The molecular formula is C126H200O14. The predicted molar refractivity (Wildman–Crippen MR) is 585 cm³/mol. The van der Waals surface area contributed by atoms with Crippen LogP contribution in [0.2, 0.25) is 0 Å². The summed E-state index contributed by atoms with van der Waals surface area (Å²) < 4.78 is 41.5. The van der Waals surface area contributed by atoms with Gasteiger partial charge in [-0.05, 0) is 285 Å². The second-order valence-corrected chi connectivity index (χ2v) is 42.3. The average molecular weight is 1940 g/mol. The molecule has 14 heteroatoms. The minimum Gasteiger partial charge on any atom is -0.493 e. The van der Waals surface area contributed by atoms with E-state index in [-0.39, 0.29) is 47.9 Å². The molecule has 0 unspecified atom stereocenters. The Morgan fingerprint density at radius 2 is 0.393 bits per heavy atom. The van der Waals surface area contributed by atoms with Crippen LogP contribution in [0.15, 0.2) is 170 Å². The highest BCUT2D eigenvalue weighted by Crippen LogP contribution is 2.38. The molecule has 14 nitrogen and oxygen atoms in total. The van der Waals surface area contributed by atoms with E-state index < -0.39 is 24.4 Å². The minimum absolute atomic E-state index is 0.271. The molecule has 140 heavy (non-hydrogen) atoms. The lowest BCUT2D eigenvalue weighted by atomic mass is 9.90. The van der Waals surface area contributed by atoms with E-state index in [4.69, 9.17) is 33.2 Å². The third kappa shape index (κ3) is 48.3. The van der Waals surface area contributed by atoms with Crippen LogP contribution in [-0.4, -0.2) is 82.0 Å². The smallest absolute Gasteiger partial charge is 0.119 e. The lowest BCUT2D eigenvalue weighted by Gasteiger charge is -2.22. The third-order valence-electron chi connectivity index (χ3n) is 30.6. The maximum Gasteiger partial charge on any atom is 0.119 e. The molecule has 5 saturated carbocycles. The highest BCUT2D eigenvalue weighted by molar-refractivity contribution is 5.36. The van der Waals surface area contributed by atoms with Crippen LogP contribution in [0.4, 0.5) is 0 Å². The molecule has 0 saturated heterocycles. The second-order valence-electron chi connectivity index (χ2n) is 42.3. The van der Waals surface area contributed by atoms with Gasteiger partial charge in [-0.25, -0.2) is 0 Å². The van der Waals surface area contributed by atoms with E-state index in [2.05, 4.69) is 111 Å². The van der Waals surface area contributed by atoms with Crippen LogP contribution in [-0.2, 0) is 0 Å². The number of aliphatic hydroxyl groups is 7. The molecule has 7 aromatic carbocycles. The number of aliphatic hydroxyl groups excluding tert-OH is 7. The van der Waals surface area contributed by atoms with Crippen LogP contribution in [0.25, 0.3) is 0 Å². The van der Waals surface area contributed by atoms with E-state index in [0.29, 0.717) is 35.5 Å². The van der Waals surface area contributed by atoms with Gasteiger partial charge in [-0.15, -0.1) is 0 Å². The monoisotopic (exact) mass is 1940 g/mol. The first kappa shape index (κ1) is 122. The van der Waals surface area contributed by atoms with Crippen LogP contribution < -0.4 is 33.2 Å². The average Bonchev–Trinajstić information content (AvgIpc) is 0.982. The molecule has 12 rings (SSSR count). The molecule has 0 heterocycles. The van der Waals surface area contributed by atoms with Crippen molar-refractivity contribution in [2.24, 2.45) is 71.0 Å². The fourth-order valence-electron chi connectivity index (χ4n) is 19.5. The van der Waals surface area contributed by atoms with Crippen molar-refractivity contribution in [2.45, 2.75) is 423 Å². The molecule has 7 N–H and O–H groups in total. The Hall–Kier alpha value is -7.14. The van der Waals surface area contributed by atoms with Gasteiger partial charge in [-0.3, -0.25) is 0 Å². The standard InChI is InChI=1S/C19H30O2.C19H32O2.3C18H28O2.C17H26O2.C17H28O2/c1-3-15(2)19(20)17-11-8-12-18(13-17)21-14-16-9-6-4-5-7-10-16;1-5-9-16(10-6-2)14-21-18-12-8-11-17(13-18)19(20)15(4)7-3;1-3-14(2)18(19)16-10-7-11-17(12-16)20-13-15-8-5-4-6-9-15;2*1-2-8-18(19)16-11-7-12-17(13-16)20-14-15-9-5-3-4-6-10-15;1-3-13(2)17(18)15-9-6-10-16(11-15)19-12-14-7-4-5-8-14;1-5-13(4)17(18)15-9-8-10-16(11-15)19-12-14(6-2)7-3/h8,11-13,15-16,19-20H,3-7,9-10,14H2,1-2H3;8,11-13,15-16,19-20H,5-7,9-10,14H2,1-4H3;7,10-12,14-15,18-19H,3-6,8-9,13H2,1-2H3;2*7,11-13,15,18-19H,2-6,8-10,14H2,1H3;6,9-11,13-14,17-18H,3-5,7-8,12H2,1-2H3;8-11,13-14,17-18H,5-7,12H2,1-4H3/t2*15-,19-;14-,18-;2*18-;2*13-,17-/m1111011/s1. The summed E-state index contributed by atoms with van der Waals surface area (Å²) in [6.45, 7) is 39.6. The summed E-state index contributed by atoms with van der Waals surface area (Å²) in [4.78, 5) is 0. The van der Waals surface area contributed by atoms with E-state index in [0.717, 1.165) is 202 Å². The Labute approximate surface area is 853 Å². The molecule has 12 atom stereocenters. The Morgan fingerprint density at radius 1 is 0.214 bits per heavy atom. The zero-order valence-corrected chi connectivity index (χ0v) is 90.8. The zero-order valence-electron chi connectivity index (χ0n) is 90.8. The first-order chi connectivity index (χ1) is 67.9. The van der Waals surface area contributed by atoms with Gasteiger partial charge in [0.1, 0.15) is 40.2 Å². The largest absolute Gasteiger partial charge is 0.493 e. The van der Waals surface area contributed by atoms with Crippen LogP contribution in [0.5, 0.6) is 40.2 Å². The molecular weight excluding hydrogens is 1740 g/mol. The molecule has 0 bridgehead atoms. The first-order valence-electron chi connectivity index (χ1n) is 56.8. The van der Waals surface area contributed by atoms with Crippen LogP contribution in [0.3, 0.4) is 0 Å². The molecule has 788 valence electrons. The summed E-state index contributed by atoms with van der Waals surface area (Å²) in [7, 11) is 0. The van der Waals surface area contributed by atoms with Gasteiger partial charge in [0.05, 0.1) is 89.0 Å². The highest BCUT2D eigenvalue weighted by atomic mass is 16.5. The molecule has 0 radical (unpaired) electrons. The van der Waals surface area contributed by atoms with Crippen molar-refractivity contribution in [2.75, 3.05) is 46.2 Å². The summed E-state index contributed by atoms with van der Waals surface area (Å²) in [6.07, 6.45) is 49.2. The van der Waals surface area contributed by atoms with Gasteiger partial charge in [-0.1, -0.05) is 375 Å². The zero-order chi connectivity index (χ0) is 101. The summed E-state index contributed by atoms with van der Waals surface area (Å²) in [6, 6.07) is 55.6. The van der Waals surface area contributed by atoms with Crippen LogP contribution >= 0.6 is 0 Å². The number of hydrogen-bond donors (Lipinski definition) is 7. The molecule has 0 amide bonds. The Kier molecular flexibility index (Phi) is 63.4. The van der Waals surface area contributed by atoms with E-state index >= 15 is 0 Å². The molecule has 0 aliphatic heterocycles. The van der Waals surface area contributed by atoms with Gasteiger partial charge >= 0.3 is 0 Å². The molecule has 5 aliphatic rings. The number of hydrogen-bond acceptors (Lipinski definition) is 14. The van der Waals surface area contributed by atoms with Crippen molar-refractivity contribution in [1.29, 1.82) is 0 Å². The second kappa shape index (κ2) is 73.0. The molecule has 5 fully saturated rings. The first-order valence-corrected chi connectivity index (χ1v) is 56.8. The van der Waals surface area contributed by atoms with Crippen molar-refractivity contribution < 1.29 is 68.9 Å². The van der Waals surface area contributed by atoms with Crippen molar-refractivity contribution in [3.63, 3.8) is 0 Å². The van der Waals surface area contributed by atoms with Gasteiger partial charge in [-0.2, -0.15) is 0 Å². The van der Waals surface area contributed by atoms with Gasteiger partial charge in [0.2, 0.25) is 0 Å². The molecule has 0 spiro atoms. The number of ether oxygens (including phenoxy) is 7. The maximum atomic E-state index is 10.3. The van der Waals surface area contributed by atoms with Crippen LogP contribution in [0.1, 0.15) is 462 Å². The topological polar surface area (TPSA) is 206 Å². The van der Waals surface area contributed by atoms with Gasteiger partial charge in [0.25, 0.3) is 0 Å². The van der Waals surface area contributed by atoms with E-state index in [9.17, 15) is 35.7 Å². The van der Waals surface area contributed by atoms with Gasteiger partial charge in [0.15, 0.2) is 0 Å². The van der Waals surface area contributed by atoms with Crippen molar-refractivity contribution in [1.82, 2.24) is 0 Å². The van der Waals surface area contributed by atoms with Crippen molar-refractivity contribution in [3.8, 4) is 40.2 Å².